The summed E-state index contributed by atoms with van der Waals surface area (Å²) >= 11 is 0. The van der Waals surface area contributed by atoms with Crippen molar-refractivity contribution in [3.05, 3.63) is 18.1 Å². The molecule has 7 nitrogen and oxygen atoms in total. The average Bonchev–Trinajstić information content (AvgIpc) is 2.92. The number of ether oxygens (including phenoxy) is 1. The highest BCUT2D eigenvalue weighted by molar-refractivity contribution is 5.44. The number of anilines is 1. The summed E-state index contributed by atoms with van der Waals surface area (Å²) in [5.41, 5.74) is 0.946. The molecule has 20 heavy (non-hydrogen) atoms. The number of hydrogen-bond donors (Lipinski definition) is 1. The van der Waals surface area contributed by atoms with Crippen molar-refractivity contribution in [2.45, 2.75) is 13.3 Å². The van der Waals surface area contributed by atoms with Gasteiger partial charge in [-0.2, -0.15) is 14.6 Å². The maximum Gasteiger partial charge on any atom is 0.254 e. The van der Waals surface area contributed by atoms with E-state index in [1.165, 1.54) is 6.33 Å². The molecule has 1 fully saturated rings. The van der Waals surface area contributed by atoms with E-state index in [4.69, 9.17) is 4.74 Å². The van der Waals surface area contributed by atoms with Gasteiger partial charge in [-0.05, 0) is 19.9 Å². The second-order valence-electron chi connectivity index (χ2n) is 4.99. The van der Waals surface area contributed by atoms with E-state index < -0.39 is 0 Å². The van der Waals surface area contributed by atoms with Gasteiger partial charge in [0.1, 0.15) is 12.1 Å². The highest BCUT2D eigenvalue weighted by atomic mass is 16.5. The number of nitrogens with zero attached hydrogens (tertiary/aromatic N) is 5. The molecule has 1 aliphatic heterocycles. The van der Waals surface area contributed by atoms with Crippen molar-refractivity contribution in [3.63, 3.8) is 0 Å². The van der Waals surface area contributed by atoms with Gasteiger partial charge in [-0.3, -0.25) is 4.90 Å². The standard InChI is InChI=1S/C13H20N6O/c1-11-9-12(19-13(17-11)15-10-16-19)14-3-2-4-18-5-7-20-8-6-18/h9-10,14H,2-8H2,1H3. The maximum absolute atomic E-state index is 5.35. The molecular formula is C13H20N6O. The zero-order valence-corrected chi connectivity index (χ0v) is 11.7. The molecule has 0 saturated carbocycles. The number of nitrogens with one attached hydrogen (secondary N) is 1. The molecule has 0 aliphatic carbocycles. The summed E-state index contributed by atoms with van der Waals surface area (Å²) in [5, 5.41) is 7.60. The predicted molar refractivity (Wildman–Crippen MR) is 75.9 cm³/mol. The van der Waals surface area contributed by atoms with E-state index in [1.54, 1.807) is 4.52 Å². The van der Waals surface area contributed by atoms with Gasteiger partial charge in [0.05, 0.1) is 13.2 Å². The van der Waals surface area contributed by atoms with Crippen LogP contribution in [-0.4, -0.2) is 63.9 Å². The summed E-state index contributed by atoms with van der Waals surface area (Å²) < 4.78 is 7.08. The first-order valence-electron chi connectivity index (χ1n) is 7.04. The van der Waals surface area contributed by atoms with Crippen LogP contribution in [0.3, 0.4) is 0 Å². The summed E-state index contributed by atoms with van der Waals surface area (Å²) in [4.78, 5) is 10.9. The Morgan fingerprint density at radius 1 is 1.35 bits per heavy atom. The molecule has 2 aromatic heterocycles. The van der Waals surface area contributed by atoms with Crippen molar-refractivity contribution in [1.82, 2.24) is 24.5 Å². The van der Waals surface area contributed by atoms with Gasteiger partial charge < -0.3 is 10.1 Å². The molecule has 3 heterocycles. The number of fused-ring (bicyclic) bond motifs is 1. The Labute approximate surface area is 118 Å². The van der Waals surface area contributed by atoms with E-state index in [1.807, 2.05) is 13.0 Å². The minimum atomic E-state index is 0.640. The minimum Gasteiger partial charge on any atom is -0.379 e. The van der Waals surface area contributed by atoms with Gasteiger partial charge in [0.25, 0.3) is 5.78 Å². The Morgan fingerprint density at radius 2 is 2.20 bits per heavy atom. The van der Waals surface area contributed by atoms with Crippen LogP contribution >= 0.6 is 0 Å². The van der Waals surface area contributed by atoms with E-state index >= 15 is 0 Å². The minimum absolute atomic E-state index is 0.640. The Balaban J connectivity index is 1.53. The number of morpholine rings is 1. The fourth-order valence-corrected chi connectivity index (χ4v) is 2.40. The smallest absolute Gasteiger partial charge is 0.254 e. The van der Waals surface area contributed by atoms with Crippen LogP contribution in [0.2, 0.25) is 0 Å². The molecule has 108 valence electrons. The number of aromatic nitrogens is 4. The fourth-order valence-electron chi connectivity index (χ4n) is 2.40. The lowest BCUT2D eigenvalue weighted by Crippen LogP contribution is -2.37. The van der Waals surface area contributed by atoms with Crippen LogP contribution in [0.5, 0.6) is 0 Å². The molecule has 1 saturated heterocycles. The summed E-state index contributed by atoms with van der Waals surface area (Å²) in [6.45, 7) is 7.78. The molecule has 0 spiro atoms. The molecule has 1 aliphatic rings. The van der Waals surface area contributed by atoms with E-state index in [-0.39, 0.29) is 0 Å². The van der Waals surface area contributed by atoms with Crippen LogP contribution in [0.1, 0.15) is 12.1 Å². The lowest BCUT2D eigenvalue weighted by molar-refractivity contribution is 0.0378. The summed E-state index contributed by atoms with van der Waals surface area (Å²) in [6, 6.07) is 2.00. The zero-order chi connectivity index (χ0) is 13.8. The van der Waals surface area contributed by atoms with Crippen LogP contribution < -0.4 is 5.32 Å². The highest BCUT2D eigenvalue weighted by Gasteiger charge is 2.09. The summed E-state index contributed by atoms with van der Waals surface area (Å²) in [6.07, 6.45) is 2.62. The van der Waals surface area contributed by atoms with Gasteiger partial charge in [0.15, 0.2) is 0 Å². The first-order chi connectivity index (χ1) is 9.83. The average molecular weight is 276 g/mol. The van der Waals surface area contributed by atoms with Crippen LogP contribution in [-0.2, 0) is 4.74 Å². The maximum atomic E-state index is 5.35. The quantitative estimate of drug-likeness (QED) is 0.805. The molecule has 2 aromatic rings. The topological polar surface area (TPSA) is 67.6 Å². The van der Waals surface area contributed by atoms with Crippen molar-refractivity contribution < 1.29 is 4.74 Å². The lowest BCUT2D eigenvalue weighted by Gasteiger charge is -2.26. The fraction of sp³-hybridized carbons (Fsp3) is 0.615. The first-order valence-corrected chi connectivity index (χ1v) is 7.04. The molecule has 0 radical (unpaired) electrons. The van der Waals surface area contributed by atoms with Crippen molar-refractivity contribution in [2.75, 3.05) is 44.7 Å². The number of hydrogen-bond acceptors (Lipinski definition) is 6. The normalized spacial score (nSPS) is 16.6. The van der Waals surface area contributed by atoms with Gasteiger partial charge >= 0.3 is 0 Å². The van der Waals surface area contributed by atoms with Crippen LogP contribution in [0.15, 0.2) is 12.4 Å². The molecule has 1 N–H and O–H groups in total. The summed E-state index contributed by atoms with van der Waals surface area (Å²) in [5.74, 6) is 1.59. The van der Waals surface area contributed by atoms with Crippen molar-refractivity contribution in [1.29, 1.82) is 0 Å². The number of rotatable bonds is 5. The third kappa shape index (κ3) is 3.05. The van der Waals surface area contributed by atoms with E-state index in [0.29, 0.717) is 5.78 Å². The third-order valence-electron chi connectivity index (χ3n) is 3.44. The Kier molecular flexibility index (Phi) is 4.08. The number of aryl methyl sites for hydroxylation is 1. The summed E-state index contributed by atoms with van der Waals surface area (Å²) in [7, 11) is 0. The van der Waals surface area contributed by atoms with Crippen LogP contribution in [0.4, 0.5) is 5.82 Å². The second-order valence-corrected chi connectivity index (χ2v) is 4.99. The van der Waals surface area contributed by atoms with E-state index in [2.05, 4.69) is 25.3 Å². The zero-order valence-electron chi connectivity index (χ0n) is 11.7. The highest BCUT2D eigenvalue weighted by Crippen LogP contribution is 2.10. The van der Waals surface area contributed by atoms with Crippen molar-refractivity contribution >= 4 is 11.6 Å². The van der Waals surface area contributed by atoms with Crippen molar-refractivity contribution in [2.24, 2.45) is 0 Å². The SMILES string of the molecule is Cc1cc(NCCCN2CCOCC2)n2ncnc2n1. The van der Waals surface area contributed by atoms with Crippen LogP contribution in [0.25, 0.3) is 5.78 Å². The predicted octanol–water partition coefficient (Wildman–Crippen LogP) is 0.567. The molecule has 0 bridgehead atoms. The van der Waals surface area contributed by atoms with Crippen molar-refractivity contribution in [3.8, 4) is 0 Å². The molecule has 0 aromatic carbocycles. The van der Waals surface area contributed by atoms with E-state index in [0.717, 1.165) is 57.3 Å². The van der Waals surface area contributed by atoms with Gasteiger partial charge in [-0.15, -0.1) is 0 Å². The Bertz CT molecular complexity index is 563. The first kappa shape index (κ1) is 13.3. The molecule has 0 amide bonds. The van der Waals surface area contributed by atoms with Gasteiger partial charge in [0, 0.05) is 31.4 Å². The molecule has 0 unspecified atom stereocenters. The van der Waals surface area contributed by atoms with Gasteiger partial charge in [0.2, 0.25) is 0 Å². The van der Waals surface area contributed by atoms with Crippen LogP contribution in [0, 0.1) is 6.92 Å². The van der Waals surface area contributed by atoms with Gasteiger partial charge in [-0.1, -0.05) is 0 Å². The molecule has 3 rings (SSSR count). The molecular weight excluding hydrogens is 256 g/mol. The second kappa shape index (κ2) is 6.15. The Morgan fingerprint density at radius 3 is 3.05 bits per heavy atom. The monoisotopic (exact) mass is 276 g/mol. The molecule has 0 atom stereocenters. The Hall–Kier alpha value is -1.73. The largest absolute Gasteiger partial charge is 0.379 e. The molecule has 7 heteroatoms. The van der Waals surface area contributed by atoms with Gasteiger partial charge in [-0.25, -0.2) is 4.98 Å². The van der Waals surface area contributed by atoms with E-state index in [9.17, 15) is 0 Å². The lowest BCUT2D eigenvalue weighted by atomic mass is 10.3. The third-order valence-corrected chi connectivity index (χ3v) is 3.44.